The fraction of sp³-hybridized carbons (Fsp3) is 0.833. The largest absolute Gasteiger partial charge is 0.380 e. The number of ether oxygens (including phenoxy) is 1. The molecular weight excluding hydrogens is 218 g/mol. The van der Waals surface area contributed by atoms with Crippen molar-refractivity contribution in [1.29, 1.82) is 5.26 Å². The van der Waals surface area contributed by atoms with E-state index in [1.54, 1.807) is 0 Å². The third-order valence-corrected chi connectivity index (χ3v) is 2.39. The van der Waals surface area contributed by atoms with E-state index in [0.29, 0.717) is 32.1 Å². The lowest BCUT2D eigenvalue weighted by molar-refractivity contribution is -0.120. The van der Waals surface area contributed by atoms with Gasteiger partial charge in [0, 0.05) is 19.2 Å². The van der Waals surface area contributed by atoms with Crippen LogP contribution >= 0.6 is 0 Å². The highest BCUT2D eigenvalue weighted by Crippen LogP contribution is 2.01. The summed E-state index contributed by atoms with van der Waals surface area (Å²) in [6, 6.07) is 2.16. The fourth-order valence-electron chi connectivity index (χ4n) is 1.28. The van der Waals surface area contributed by atoms with Crippen LogP contribution < -0.4 is 10.6 Å². The van der Waals surface area contributed by atoms with Gasteiger partial charge in [0.25, 0.3) is 0 Å². The number of carbonyl (C=O) groups excluding carboxylic acids is 1. The maximum Gasteiger partial charge on any atom is 0.234 e. The molecule has 0 aliphatic carbocycles. The molecule has 17 heavy (non-hydrogen) atoms. The molecule has 0 aromatic rings. The van der Waals surface area contributed by atoms with Gasteiger partial charge in [-0.3, -0.25) is 4.79 Å². The number of hydrogen-bond acceptors (Lipinski definition) is 4. The van der Waals surface area contributed by atoms with E-state index >= 15 is 0 Å². The summed E-state index contributed by atoms with van der Waals surface area (Å²) < 4.78 is 5.35. The first-order valence-corrected chi connectivity index (χ1v) is 6.06. The molecule has 0 aromatic carbocycles. The zero-order valence-corrected chi connectivity index (χ0v) is 11.0. The van der Waals surface area contributed by atoms with Crippen molar-refractivity contribution in [3.8, 4) is 6.07 Å². The van der Waals surface area contributed by atoms with Gasteiger partial charge in [0.15, 0.2) is 0 Å². The number of rotatable bonds is 9. The average Bonchev–Trinajstić information content (AvgIpc) is 2.29. The molecule has 5 heteroatoms. The van der Waals surface area contributed by atoms with Gasteiger partial charge < -0.3 is 15.4 Å². The smallest absolute Gasteiger partial charge is 0.234 e. The molecule has 0 radical (unpaired) electrons. The standard InChI is InChI=1S/C12H23N3O2/c1-4-17-9-11(10(2)3)15-8-12(16)14-7-5-6-13/h10-11,15H,4-5,7-9H2,1-3H3,(H,14,16). The molecule has 0 fully saturated rings. The van der Waals surface area contributed by atoms with Crippen LogP contribution in [0.5, 0.6) is 0 Å². The van der Waals surface area contributed by atoms with Crippen molar-refractivity contribution in [2.75, 3.05) is 26.3 Å². The molecular formula is C12H23N3O2. The summed E-state index contributed by atoms with van der Waals surface area (Å²) in [6.07, 6.45) is 0.346. The van der Waals surface area contributed by atoms with Gasteiger partial charge in [-0.25, -0.2) is 0 Å². The molecule has 1 atom stereocenters. The minimum atomic E-state index is -0.0811. The number of nitriles is 1. The van der Waals surface area contributed by atoms with Gasteiger partial charge in [0.1, 0.15) is 0 Å². The number of nitrogens with one attached hydrogen (secondary N) is 2. The van der Waals surface area contributed by atoms with E-state index in [1.807, 2.05) is 13.0 Å². The van der Waals surface area contributed by atoms with E-state index in [0.717, 1.165) is 0 Å². The molecule has 0 saturated carbocycles. The summed E-state index contributed by atoms with van der Waals surface area (Å²) in [5, 5.41) is 14.2. The SMILES string of the molecule is CCOCC(NCC(=O)NCCC#N)C(C)C. The van der Waals surface area contributed by atoms with Crippen molar-refractivity contribution >= 4 is 5.91 Å². The third kappa shape index (κ3) is 8.66. The van der Waals surface area contributed by atoms with Gasteiger partial charge in [-0.05, 0) is 12.8 Å². The van der Waals surface area contributed by atoms with E-state index in [2.05, 4.69) is 24.5 Å². The Kier molecular flexibility index (Phi) is 9.40. The quantitative estimate of drug-likeness (QED) is 0.582. The van der Waals surface area contributed by atoms with Gasteiger partial charge >= 0.3 is 0 Å². The second-order valence-corrected chi connectivity index (χ2v) is 4.15. The lowest BCUT2D eigenvalue weighted by Gasteiger charge is -2.21. The van der Waals surface area contributed by atoms with Crippen molar-refractivity contribution in [2.45, 2.75) is 33.2 Å². The van der Waals surface area contributed by atoms with Crippen LogP contribution in [0.2, 0.25) is 0 Å². The van der Waals surface area contributed by atoms with Crippen LogP contribution in [-0.4, -0.2) is 38.3 Å². The second kappa shape index (κ2) is 10.1. The number of hydrogen-bond donors (Lipinski definition) is 2. The molecule has 1 unspecified atom stereocenters. The molecule has 0 aliphatic heterocycles. The summed E-state index contributed by atoms with van der Waals surface area (Å²) in [7, 11) is 0. The molecule has 0 heterocycles. The maximum absolute atomic E-state index is 11.4. The third-order valence-electron chi connectivity index (χ3n) is 2.39. The summed E-state index contributed by atoms with van der Waals surface area (Å²) >= 11 is 0. The van der Waals surface area contributed by atoms with Crippen LogP contribution in [0.1, 0.15) is 27.2 Å². The Labute approximate surface area is 104 Å². The Morgan fingerprint density at radius 1 is 1.47 bits per heavy atom. The molecule has 5 nitrogen and oxygen atoms in total. The molecule has 1 amide bonds. The van der Waals surface area contributed by atoms with Gasteiger partial charge in [-0.15, -0.1) is 0 Å². The topological polar surface area (TPSA) is 74.2 Å². The van der Waals surface area contributed by atoms with E-state index in [4.69, 9.17) is 10.00 Å². The lowest BCUT2D eigenvalue weighted by atomic mass is 10.1. The lowest BCUT2D eigenvalue weighted by Crippen LogP contribution is -2.44. The first kappa shape index (κ1) is 15.9. The normalized spacial score (nSPS) is 12.2. The average molecular weight is 241 g/mol. The number of amides is 1. The Bertz CT molecular complexity index is 249. The van der Waals surface area contributed by atoms with Crippen LogP contribution in [-0.2, 0) is 9.53 Å². The molecule has 0 aromatic heterocycles. The Morgan fingerprint density at radius 3 is 2.71 bits per heavy atom. The van der Waals surface area contributed by atoms with E-state index in [1.165, 1.54) is 0 Å². The van der Waals surface area contributed by atoms with Gasteiger partial charge in [0.05, 0.1) is 25.6 Å². The van der Waals surface area contributed by atoms with Gasteiger partial charge in [-0.2, -0.15) is 5.26 Å². The van der Waals surface area contributed by atoms with E-state index < -0.39 is 0 Å². The summed E-state index contributed by atoms with van der Waals surface area (Å²) in [6.45, 7) is 8.09. The van der Waals surface area contributed by atoms with Crippen LogP contribution in [0.3, 0.4) is 0 Å². The van der Waals surface area contributed by atoms with Crippen molar-refractivity contribution in [2.24, 2.45) is 5.92 Å². The summed E-state index contributed by atoms with van der Waals surface area (Å²) in [4.78, 5) is 11.4. The zero-order valence-electron chi connectivity index (χ0n) is 11.0. The number of nitrogens with zero attached hydrogens (tertiary/aromatic N) is 1. The van der Waals surface area contributed by atoms with Crippen LogP contribution in [0, 0.1) is 17.2 Å². The highest BCUT2D eigenvalue weighted by atomic mass is 16.5. The number of carbonyl (C=O) groups is 1. The predicted molar refractivity (Wildman–Crippen MR) is 66.4 cm³/mol. The summed E-state index contributed by atoms with van der Waals surface area (Å²) in [5.74, 6) is 0.329. The predicted octanol–water partition coefficient (Wildman–Crippen LogP) is 0.667. The molecule has 0 bridgehead atoms. The van der Waals surface area contributed by atoms with Crippen LogP contribution in [0.25, 0.3) is 0 Å². The van der Waals surface area contributed by atoms with Crippen molar-refractivity contribution in [3.05, 3.63) is 0 Å². The molecule has 0 aliphatic rings. The molecule has 0 spiro atoms. The van der Waals surface area contributed by atoms with Crippen LogP contribution in [0.4, 0.5) is 0 Å². The first-order valence-electron chi connectivity index (χ1n) is 6.06. The van der Waals surface area contributed by atoms with Crippen molar-refractivity contribution < 1.29 is 9.53 Å². The van der Waals surface area contributed by atoms with E-state index in [-0.39, 0.29) is 18.5 Å². The van der Waals surface area contributed by atoms with E-state index in [9.17, 15) is 4.79 Å². The minimum absolute atomic E-state index is 0.0811. The highest BCUT2D eigenvalue weighted by molar-refractivity contribution is 5.77. The highest BCUT2D eigenvalue weighted by Gasteiger charge is 2.13. The first-order chi connectivity index (χ1) is 8.11. The molecule has 0 rings (SSSR count). The Hall–Kier alpha value is -1.12. The molecule has 2 N–H and O–H groups in total. The van der Waals surface area contributed by atoms with Gasteiger partial charge in [0.2, 0.25) is 5.91 Å². The monoisotopic (exact) mass is 241 g/mol. The van der Waals surface area contributed by atoms with Crippen molar-refractivity contribution in [3.63, 3.8) is 0 Å². The molecule has 0 saturated heterocycles. The second-order valence-electron chi connectivity index (χ2n) is 4.15. The van der Waals surface area contributed by atoms with Crippen LogP contribution in [0.15, 0.2) is 0 Å². The fourth-order valence-corrected chi connectivity index (χ4v) is 1.28. The zero-order chi connectivity index (χ0) is 13.1. The summed E-state index contributed by atoms with van der Waals surface area (Å²) in [5.41, 5.74) is 0. The minimum Gasteiger partial charge on any atom is -0.380 e. The maximum atomic E-state index is 11.4. The Balaban J connectivity index is 3.79. The molecule has 98 valence electrons. The van der Waals surface area contributed by atoms with Crippen molar-refractivity contribution in [1.82, 2.24) is 10.6 Å². The van der Waals surface area contributed by atoms with Gasteiger partial charge in [-0.1, -0.05) is 13.8 Å². The Morgan fingerprint density at radius 2 is 2.18 bits per heavy atom.